The molecule has 0 aromatic rings. The Balaban J connectivity index is 3.14. The molecule has 5 heavy (non-hydrogen) atoms. The fraction of sp³-hybridized carbons (Fsp3) is 0.333. The van der Waals surface area contributed by atoms with Gasteiger partial charge in [0.25, 0.3) is 0 Å². The Bertz CT molecular complexity index is 42.9. The second-order valence-electron chi connectivity index (χ2n) is 0.696. The van der Waals surface area contributed by atoms with Gasteiger partial charge in [-0.15, -0.1) is 0 Å². The third kappa shape index (κ3) is 3.60. The highest BCUT2D eigenvalue weighted by Crippen LogP contribution is 1.89. The summed E-state index contributed by atoms with van der Waals surface area (Å²) in [5, 5.41) is 0. The molecule has 0 amide bonds. The quantitative estimate of drug-likeness (QED) is 0.414. The largest absolute Gasteiger partial charge is 0.213 e. The molecule has 30 valence electrons. The average Bonchev–Trinajstić information content (AvgIpc) is 1.38. The molecule has 0 nitrogen and oxygen atoms in total. The molecule has 0 N–H and O–H groups in total. The summed E-state index contributed by atoms with van der Waals surface area (Å²) in [5.41, 5.74) is 0. The van der Waals surface area contributed by atoms with E-state index in [0.717, 1.165) is 6.92 Å². The van der Waals surface area contributed by atoms with Crippen LogP contribution in [0.15, 0.2) is 12.2 Å². The lowest BCUT2D eigenvalue weighted by Gasteiger charge is -1.65. The number of rotatable bonds is 0. The Morgan fingerprint density at radius 3 is 2.00 bits per heavy atom. The molecule has 2 heteroatoms. The van der Waals surface area contributed by atoms with Gasteiger partial charge in [-0.3, -0.25) is 0 Å². The van der Waals surface area contributed by atoms with Crippen molar-refractivity contribution >= 4 is 0 Å². The van der Waals surface area contributed by atoms with Crippen LogP contribution in [0.1, 0.15) is 6.92 Å². The molecular formula is C3H4F2. The molecule has 0 aliphatic heterocycles. The molecule has 0 aromatic heterocycles. The first-order valence-electron chi connectivity index (χ1n) is 1.20. The highest BCUT2D eigenvalue weighted by atomic mass is 19.2. The lowest BCUT2D eigenvalue weighted by molar-refractivity contribution is 0.586. The zero-order valence-corrected chi connectivity index (χ0v) is 2.83. The van der Waals surface area contributed by atoms with Crippen molar-refractivity contribution in [1.82, 2.24) is 0 Å². The van der Waals surface area contributed by atoms with E-state index in [2.05, 4.69) is 0 Å². The normalized spacial score (nSPS) is 12.2. The van der Waals surface area contributed by atoms with Crippen LogP contribution >= 0.6 is 0 Å². The summed E-state index contributed by atoms with van der Waals surface area (Å²) in [5.74, 6) is -0.787. The predicted molar refractivity (Wildman–Crippen MR) is 16.0 cm³/mol. The first kappa shape index (κ1) is 4.60. The van der Waals surface area contributed by atoms with Gasteiger partial charge in [0.05, 0.1) is 0 Å². The molecule has 0 spiro atoms. The average molecular weight is 78.1 g/mol. The smallest absolute Gasteiger partial charge is 0.125 e. The van der Waals surface area contributed by atoms with Crippen LogP contribution in [0, 0.1) is 0 Å². The summed E-state index contributed by atoms with van der Waals surface area (Å²) < 4.78 is 21.5. The fourth-order valence-corrected chi connectivity index (χ4v) is 0. The van der Waals surface area contributed by atoms with E-state index in [0.29, 0.717) is 0 Å². The molecule has 0 aliphatic carbocycles. The molecule has 0 heterocycles. The maximum Gasteiger partial charge on any atom is 0.125 e. The fourth-order valence-electron chi connectivity index (χ4n) is 0. The van der Waals surface area contributed by atoms with Crippen molar-refractivity contribution < 1.29 is 8.78 Å². The van der Waals surface area contributed by atoms with Crippen LogP contribution in [0.2, 0.25) is 0 Å². The first-order valence-corrected chi connectivity index (χ1v) is 1.20. The van der Waals surface area contributed by atoms with Crippen molar-refractivity contribution in [3.05, 3.63) is 12.2 Å². The van der Waals surface area contributed by atoms with Crippen LogP contribution in [0.25, 0.3) is 0 Å². The van der Waals surface area contributed by atoms with Crippen LogP contribution in [0.4, 0.5) is 8.78 Å². The highest BCUT2D eigenvalue weighted by Gasteiger charge is 1.70. The van der Waals surface area contributed by atoms with E-state index in [1.807, 2.05) is 0 Å². The molecule has 0 rings (SSSR count). The van der Waals surface area contributed by atoms with Gasteiger partial charge in [-0.1, -0.05) is 0 Å². The first-order chi connectivity index (χ1) is 2.27. The van der Waals surface area contributed by atoms with E-state index in [1.165, 1.54) is 0 Å². The SMILES string of the molecule is C/C(F)=C\F. The van der Waals surface area contributed by atoms with Gasteiger partial charge >= 0.3 is 0 Å². The van der Waals surface area contributed by atoms with Crippen molar-refractivity contribution in [2.45, 2.75) is 6.92 Å². The van der Waals surface area contributed by atoms with Gasteiger partial charge in [-0.25, -0.2) is 8.78 Å². The van der Waals surface area contributed by atoms with Crippen molar-refractivity contribution in [2.75, 3.05) is 0 Å². The standard InChI is InChI=1S/C3H4F2/c1-3(5)2-4/h2H,1H3/b3-2+. The molecular weight excluding hydrogens is 74.0 g/mol. The zero-order chi connectivity index (χ0) is 4.28. The zero-order valence-electron chi connectivity index (χ0n) is 2.83. The Morgan fingerprint density at radius 2 is 2.00 bits per heavy atom. The second kappa shape index (κ2) is 1.88. The molecule has 0 aromatic carbocycles. The van der Waals surface area contributed by atoms with E-state index >= 15 is 0 Å². The summed E-state index contributed by atoms with van der Waals surface area (Å²) >= 11 is 0. The Labute approximate surface area is 29.1 Å². The third-order valence-electron chi connectivity index (χ3n) is 0.150. The minimum Gasteiger partial charge on any atom is -0.213 e. The Kier molecular flexibility index (Phi) is 1.73. The summed E-state index contributed by atoms with van der Waals surface area (Å²) in [4.78, 5) is 0. The Morgan fingerprint density at radius 1 is 1.80 bits per heavy atom. The van der Waals surface area contributed by atoms with Crippen LogP contribution in [0.3, 0.4) is 0 Å². The van der Waals surface area contributed by atoms with Gasteiger partial charge in [-0.2, -0.15) is 0 Å². The topological polar surface area (TPSA) is 0 Å². The maximum atomic E-state index is 10.9. The van der Waals surface area contributed by atoms with E-state index in [9.17, 15) is 8.78 Å². The van der Waals surface area contributed by atoms with Gasteiger partial charge in [0, 0.05) is 0 Å². The monoisotopic (exact) mass is 78.0 g/mol. The Hall–Kier alpha value is -0.400. The lowest BCUT2D eigenvalue weighted by atomic mass is 10.7. The third-order valence-corrected chi connectivity index (χ3v) is 0.150. The second-order valence-corrected chi connectivity index (χ2v) is 0.696. The maximum absolute atomic E-state index is 10.9. The molecule has 0 unspecified atom stereocenters. The van der Waals surface area contributed by atoms with Gasteiger partial charge in [0.2, 0.25) is 0 Å². The van der Waals surface area contributed by atoms with E-state index < -0.39 is 5.83 Å². The summed E-state index contributed by atoms with van der Waals surface area (Å²) in [6, 6.07) is 0. The number of allylic oxidation sites excluding steroid dienone is 1. The number of halogens is 2. The van der Waals surface area contributed by atoms with Crippen molar-refractivity contribution in [3.8, 4) is 0 Å². The molecule has 0 atom stereocenters. The summed E-state index contributed by atoms with van der Waals surface area (Å²) in [6.45, 7) is 1.04. The van der Waals surface area contributed by atoms with Crippen LogP contribution in [0.5, 0.6) is 0 Å². The van der Waals surface area contributed by atoms with Crippen molar-refractivity contribution in [3.63, 3.8) is 0 Å². The summed E-state index contributed by atoms with van der Waals surface area (Å²) in [7, 11) is 0. The van der Waals surface area contributed by atoms with Gasteiger partial charge in [0.15, 0.2) is 0 Å². The predicted octanol–water partition coefficient (Wildman–Crippen LogP) is 1.79. The van der Waals surface area contributed by atoms with E-state index in [1.54, 1.807) is 0 Å². The van der Waals surface area contributed by atoms with Crippen LogP contribution in [-0.2, 0) is 0 Å². The molecule has 0 fully saturated rings. The van der Waals surface area contributed by atoms with Gasteiger partial charge in [-0.05, 0) is 6.92 Å². The van der Waals surface area contributed by atoms with Crippen LogP contribution in [-0.4, -0.2) is 0 Å². The van der Waals surface area contributed by atoms with Gasteiger partial charge in [0.1, 0.15) is 12.2 Å². The van der Waals surface area contributed by atoms with Crippen molar-refractivity contribution in [1.29, 1.82) is 0 Å². The number of hydrogen-bond acceptors (Lipinski definition) is 0. The highest BCUT2D eigenvalue weighted by molar-refractivity contribution is 4.75. The molecule has 0 saturated carbocycles. The van der Waals surface area contributed by atoms with E-state index in [4.69, 9.17) is 0 Å². The van der Waals surface area contributed by atoms with Crippen molar-refractivity contribution in [2.24, 2.45) is 0 Å². The minimum absolute atomic E-state index is 0.0833. The number of hydrogen-bond donors (Lipinski definition) is 0. The summed E-state index contributed by atoms with van der Waals surface area (Å²) in [6.07, 6.45) is -0.0833. The minimum atomic E-state index is -0.787. The van der Waals surface area contributed by atoms with Gasteiger partial charge < -0.3 is 0 Å². The van der Waals surface area contributed by atoms with Crippen LogP contribution < -0.4 is 0 Å². The molecule has 0 bridgehead atoms. The molecule has 0 saturated heterocycles. The lowest BCUT2D eigenvalue weighted by Crippen LogP contribution is -1.46. The molecule has 0 radical (unpaired) electrons. The molecule has 0 aliphatic rings. The van der Waals surface area contributed by atoms with E-state index in [-0.39, 0.29) is 6.33 Å².